The van der Waals surface area contributed by atoms with Crippen molar-refractivity contribution in [1.29, 1.82) is 0 Å². The summed E-state index contributed by atoms with van der Waals surface area (Å²) in [6.45, 7) is 4.44. The van der Waals surface area contributed by atoms with E-state index in [0.29, 0.717) is 5.92 Å². The lowest BCUT2D eigenvalue weighted by Gasteiger charge is -2.24. The normalized spacial score (nSPS) is 15.0. The first-order valence-corrected chi connectivity index (χ1v) is 6.18. The van der Waals surface area contributed by atoms with Gasteiger partial charge in [-0.05, 0) is 18.4 Å². The Morgan fingerprint density at radius 1 is 1.50 bits per heavy atom. The van der Waals surface area contributed by atoms with Gasteiger partial charge >= 0.3 is 0 Å². The fourth-order valence-electron chi connectivity index (χ4n) is 2.13. The topological polar surface area (TPSA) is 55.9 Å². The summed E-state index contributed by atoms with van der Waals surface area (Å²) in [4.78, 5) is 0. The Morgan fingerprint density at radius 2 is 2.25 bits per heavy atom. The summed E-state index contributed by atoms with van der Waals surface area (Å²) >= 11 is 0. The second kappa shape index (κ2) is 6.66. The Kier molecular flexibility index (Phi) is 5.49. The summed E-state index contributed by atoms with van der Waals surface area (Å²) < 4.78 is 1.83. The van der Waals surface area contributed by atoms with Gasteiger partial charge < -0.3 is 0 Å². The van der Waals surface area contributed by atoms with Crippen molar-refractivity contribution in [2.45, 2.75) is 45.6 Å². The first kappa shape index (κ1) is 13.2. The molecule has 16 heavy (non-hydrogen) atoms. The number of aromatic nitrogens is 2. The molecule has 0 bridgehead atoms. The van der Waals surface area contributed by atoms with Gasteiger partial charge in [-0.2, -0.15) is 5.10 Å². The largest absolute Gasteiger partial charge is 0.275 e. The van der Waals surface area contributed by atoms with Gasteiger partial charge in [-0.1, -0.05) is 33.1 Å². The van der Waals surface area contributed by atoms with Gasteiger partial charge in [0.25, 0.3) is 0 Å². The maximum atomic E-state index is 5.66. The van der Waals surface area contributed by atoms with Crippen molar-refractivity contribution >= 4 is 0 Å². The molecule has 0 aliphatic heterocycles. The van der Waals surface area contributed by atoms with Gasteiger partial charge in [0.2, 0.25) is 0 Å². The Bertz CT molecular complexity index is 295. The second-order valence-electron chi connectivity index (χ2n) is 4.37. The van der Waals surface area contributed by atoms with Crippen molar-refractivity contribution in [2.24, 2.45) is 18.8 Å². The number of nitrogens with zero attached hydrogens (tertiary/aromatic N) is 2. The number of hydrazine groups is 1. The summed E-state index contributed by atoms with van der Waals surface area (Å²) in [6, 6.07) is 2.22. The zero-order valence-corrected chi connectivity index (χ0v) is 10.6. The van der Waals surface area contributed by atoms with Gasteiger partial charge in [0.15, 0.2) is 0 Å². The fraction of sp³-hybridized carbons (Fsp3) is 0.750. The third-order valence-electron chi connectivity index (χ3n) is 3.16. The molecule has 1 aromatic rings. The van der Waals surface area contributed by atoms with E-state index < -0.39 is 0 Å². The van der Waals surface area contributed by atoms with Crippen LogP contribution in [0.2, 0.25) is 0 Å². The number of nitrogens with two attached hydrogens (primary N) is 1. The monoisotopic (exact) mass is 224 g/mol. The predicted octanol–water partition coefficient (Wildman–Crippen LogP) is 2.14. The first-order chi connectivity index (χ1) is 7.72. The van der Waals surface area contributed by atoms with Crippen molar-refractivity contribution in [1.82, 2.24) is 15.2 Å². The highest BCUT2D eigenvalue weighted by Gasteiger charge is 2.21. The molecule has 0 fully saturated rings. The van der Waals surface area contributed by atoms with E-state index in [2.05, 4.69) is 24.4 Å². The van der Waals surface area contributed by atoms with Crippen LogP contribution in [0.25, 0.3) is 0 Å². The Hall–Kier alpha value is -0.870. The van der Waals surface area contributed by atoms with E-state index in [0.717, 1.165) is 12.1 Å². The summed E-state index contributed by atoms with van der Waals surface area (Å²) in [5.41, 5.74) is 3.96. The van der Waals surface area contributed by atoms with Crippen LogP contribution in [0.3, 0.4) is 0 Å². The number of hydrogen-bond donors (Lipinski definition) is 2. The summed E-state index contributed by atoms with van der Waals surface area (Å²) in [6.07, 6.45) is 6.79. The van der Waals surface area contributed by atoms with Gasteiger partial charge in [-0.3, -0.25) is 16.0 Å². The highest BCUT2D eigenvalue weighted by Crippen LogP contribution is 2.27. The smallest absolute Gasteiger partial charge is 0.0810 e. The second-order valence-corrected chi connectivity index (χ2v) is 4.37. The van der Waals surface area contributed by atoms with Gasteiger partial charge in [-0.25, -0.2) is 0 Å². The van der Waals surface area contributed by atoms with Crippen LogP contribution in [-0.4, -0.2) is 9.78 Å². The SMILES string of the molecule is CCCCC(CC)C(NN)c1ccn(C)n1. The Balaban J connectivity index is 2.70. The van der Waals surface area contributed by atoms with Crippen LogP contribution in [0.15, 0.2) is 12.3 Å². The maximum Gasteiger partial charge on any atom is 0.0810 e. The molecule has 0 aromatic carbocycles. The van der Waals surface area contributed by atoms with Crippen molar-refractivity contribution < 1.29 is 0 Å². The molecule has 4 nitrogen and oxygen atoms in total. The van der Waals surface area contributed by atoms with Crippen molar-refractivity contribution in [3.05, 3.63) is 18.0 Å². The molecule has 0 saturated heterocycles. The lowest BCUT2D eigenvalue weighted by Crippen LogP contribution is -2.33. The zero-order chi connectivity index (χ0) is 12.0. The summed E-state index contributed by atoms with van der Waals surface area (Å²) in [5, 5.41) is 4.43. The van der Waals surface area contributed by atoms with E-state index in [9.17, 15) is 0 Å². The number of nitrogens with one attached hydrogen (secondary N) is 1. The van der Waals surface area contributed by atoms with E-state index in [1.807, 2.05) is 24.0 Å². The van der Waals surface area contributed by atoms with Gasteiger partial charge in [-0.15, -0.1) is 0 Å². The van der Waals surface area contributed by atoms with Crippen molar-refractivity contribution in [2.75, 3.05) is 0 Å². The van der Waals surface area contributed by atoms with Crippen LogP contribution in [-0.2, 0) is 7.05 Å². The molecular weight excluding hydrogens is 200 g/mol. The minimum absolute atomic E-state index is 0.178. The number of unbranched alkanes of at least 4 members (excludes halogenated alkanes) is 1. The van der Waals surface area contributed by atoms with Crippen LogP contribution in [0, 0.1) is 5.92 Å². The molecule has 0 saturated carbocycles. The molecule has 92 valence electrons. The van der Waals surface area contributed by atoms with Gasteiger partial charge in [0.1, 0.15) is 0 Å². The minimum Gasteiger partial charge on any atom is -0.275 e. The molecule has 0 amide bonds. The van der Waals surface area contributed by atoms with E-state index in [-0.39, 0.29) is 6.04 Å². The van der Waals surface area contributed by atoms with Crippen LogP contribution in [0.5, 0.6) is 0 Å². The van der Waals surface area contributed by atoms with E-state index >= 15 is 0 Å². The quantitative estimate of drug-likeness (QED) is 0.551. The third-order valence-corrected chi connectivity index (χ3v) is 3.16. The van der Waals surface area contributed by atoms with E-state index in [1.165, 1.54) is 19.3 Å². The maximum absolute atomic E-state index is 5.66. The lowest BCUT2D eigenvalue weighted by atomic mass is 9.90. The van der Waals surface area contributed by atoms with Gasteiger partial charge in [0, 0.05) is 13.2 Å². The fourth-order valence-corrected chi connectivity index (χ4v) is 2.13. The molecule has 3 N–H and O–H groups in total. The molecule has 0 radical (unpaired) electrons. The standard InChI is InChI=1S/C12H24N4/c1-4-6-7-10(5-2)12(14-13)11-8-9-16(3)15-11/h8-10,12,14H,4-7,13H2,1-3H3. The Labute approximate surface area is 98.2 Å². The molecule has 2 atom stereocenters. The predicted molar refractivity (Wildman–Crippen MR) is 66.6 cm³/mol. The van der Waals surface area contributed by atoms with Crippen molar-refractivity contribution in [3.63, 3.8) is 0 Å². The molecular formula is C12H24N4. The average Bonchev–Trinajstić information content (AvgIpc) is 2.70. The van der Waals surface area contributed by atoms with Crippen LogP contribution in [0.1, 0.15) is 51.3 Å². The van der Waals surface area contributed by atoms with E-state index in [4.69, 9.17) is 5.84 Å². The average molecular weight is 224 g/mol. The molecule has 1 heterocycles. The lowest BCUT2D eigenvalue weighted by molar-refractivity contribution is 0.320. The number of hydrogen-bond acceptors (Lipinski definition) is 3. The molecule has 1 rings (SSSR count). The molecule has 0 spiro atoms. The first-order valence-electron chi connectivity index (χ1n) is 6.18. The van der Waals surface area contributed by atoms with Crippen molar-refractivity contribution in [3.8, 4) is 0 Å². The zero-order valence-electron chi connectivity index (χ0n) is 10.6. The molecule has 0 aliphatic rings. The summed E-state index contributed by atoms with van der Waals surface area (Å²) in [5.74, 6) is 6.23. The molecule has 4 heteroatoms. The van der Waals surface area contributed by atoms with Gasteiger partial charge in [0.05, 0.1) is 11.7 Å². The molecule has 0 aliphatic carbocycles. The number of aryl methyl sites for hydroxylation is 1. The Morgan fingerprint density at radius 3 is 2.69 bits per heavy atom. The molecule has 2 unspecified atom stereocenters. The van der Waals surface area contributed by atoms with Crippen LogP contribution >= 0.6 is 0 Å². The third kappa shape index (κ3) is 3.32. The minimum atomic E-state index is 0.178. The molecule has 1 aromatic heterocycles. The van der Waals surface area contributed by atoms with Crippen LogP contribution < -0.4 is 11.3 Å². The highest BCUT2D eigenvalue weighted by atomic mass is 15.3. The van der Waals surface area contributed by atoms with Crippen LogP contribution in [0.4, 0.5) is 0 Å². The van der Waals surface area contributed by atoms with E-state index in [1.54, 1.807) is 0 Å². The highest BCUT2D eigenvalue weighted by molar-refractivity contribution is 5.06. The number of rotatable bonds is 7. The summed E-state index contributed by atoms with van der Waals surface area (Å²) in [7, 11) is 1.93.